The summed E-state index contributed by atoms with van der Waals surface area (Å²) >= 11 is 5.55. The number of carbonyl (C=O) groups is 1. The fourth-order valence-electron chi connectivity index (χ4n) is 3.79. The van der Waals surface area contributed by atoms with Crippen molar-refractivity contribution in [2.45, 2.75) is 30.5 Å². The Morgan fingerprint density at radius 1 is 1.34 bits per heavy atom. The third kappa shape index (κ3) is 6.31. The zero-order valence-electron chi connectivity index (χ0n) is 20.1. The highest BCUT2D eigenvalue weighted by atomic mass is 32.5. The topological polar surface area (TPSA) is 154 Å². The number of anilines is 1. The SMILES string of the molecule is C=CCOP(=S)(OCCC#N)O[C@@H]1C(CO)OC(n2cnc3c(NC(=O)c4ccccc4)ncnc32)[C@@H]1P. The van der Waals surface area contributed by atoms with Crippen LogP contribution in [0.2, 0.25) is 0 Å². The molecule has 3 heterocycles. The normalized spacial score (nSPS) is 22.6. The number of nitrogens with zero attached hydrogens (tertiary/aromatic N) is 5. The van der Waals surface area contributed by atoms with E-state index in [0.29, 0.717) is 16.7 Å². The van der Waals surface area contributed by atoms with E-state index in [2.05, 4.69) is 36.1 Å². The first kappa shape index (κ1) is 28.4. The van der Waals surface area contributed by atoms with Gasteiger partial charge in [0, 0.05) is 11.2 Å². The molecule has 0 aliphatic carbocycles. The molecule has 1 aromatic carbocycles. The molecule has 3 aromatic rings. The van der Waals surface area contributed by atoms with Crippen molar-refractivity contribution in [3.8, 4) is 6.07 Å². The van der Waals surface area contributed by atoms with Gasteiger partial charge in [-0.1, -0.05) is 24.3 Å². The van der Waals surface area contributed by atoms with Crippen LogP contribution in [0.4, 0.5) is 5.82 Å². The maximum Gasteiger partial charge on any atom is 0.327 e. The lowest BCUT2D eigenvalue weighted by Crippen LogP contribution is -2.32. The van der Waals surface area contributed by atoms with Gasteiger partial charge >= 0.3 is 6.72 Å². The Balaban J connectivity index is 1.57. The summed E-state index contributed by atoms with van der Waals surface area (Å²) < 4.78 is 25.2. The molecule has 6 atom stereocenters. The summed E-state index contributed by atoms with van der Waals surface area (Å²) in [5.74, 6) is -0.0942. The molecule has 0 spiro atoms. The standard InChI is InChI=1S/C23H26N6O6P2S/c1-2-10-32-37(38,33-11-6-9-24)35-18-16(12-30)34-23(19(18)36)29-14-27-17-20(25-13-26-21(17)29)28-22(31)15-7-4-3-5-8-15/h2-5,7-8,13-14,16,18-19,23,30H,1,6,10-12,36H2,(H,25,26,28,31)/t16?,18-,19-,23?,37?/m1/s1. The van der Waals surface area contributed by atoms with Crippen molar-refractivity contribution in [1.82, 2.24) is 19.5 Å². The van der Waals surface area contributed by atoms with Gasteiger partial charge in [0.15, 0.2) is 17.0 Å². The first-order valence-electron chi connectivity index (χ1n) is 11.5. The van der Waals surface area contributed by atoms with Gasteiger partial charge in [-0.05, 0) is 23.9 Å². The van der Waals surface area contributed by atoms with Crippen LogP contribution in [-0.2, 0) is 30.1 Å². The highest BCUT2D eigenvalue weighted by Crippen LogP contribution is 2.54. The van der Waals surface area contributed by atoms with Gasteiger partial charge in [-0.2, -0.15) is 5.26 Å². The number of fused-ring (bicyclic) bond motifs is 1. The van der Waals surface area contributed by atoms with Gasteiger partial charge in [-0.25, -0.2) is 15.0 Å². The molecule has 15 heteroatoms. The van der Waals surface area contributed by atoms with E-state index in [1.165, 1.54) is 18.7 Å². The fraction of sp³-hybridized carbons (Fsp3) is 0.348. The van der Waals surface area contributed by atoms with Gasteiger partial charge in [-0.15, -0.1) is 15.8 Å². The Morgan fingerprint density at radius 2 is 2.13 bits per heavy atom. The van der Waals surface area contributed by atoms with Crippen molar-refractivity contribution in [3.05, 3.63) is 61.2 Å². The molecule has 1 amide bonds. The van der Waals surface area contributed by atoms with E-state index in [1.54, 1.807) is 28.8 Å². The van der Waals surface area contributed by atoms with Crippen LogP contribution in [-0.4, -0.2) is 68.2 Å². The van der Waals surface area contributed by atoms with E-state index in [1.807, 2.05) is 12.1 Å². The van der Waals surface area contributed by atoms with Crippen LogP contribution in [0.25, 0.3) is 11.2 Å². The second-order valence-corrected chi connectivity index (χ2v) is 11.8. The maximum atomic E-state index is 12.7. The Kier molecular flexibility index (Phi) is 9.65. The summed E-state index contributed by atoms with van der Waals surface area (Å²) in [6.07, 6.45) is 2.28. The average molecular weight is 577 g/mol. The Labute approximate surface area is 226 Å². The number of aliphatic hydroxyl groups is 1. The van der Waals surface area contributed by atoms with Gasteiger partial charge in [0.05, 0.1) is 38.6 Å². The van der Waals surface area contributed by atoms with Crippen LogP contribution in [0.3, 0.4) is 0 Å². The molecule has 200 valence electrons. The molecular weight excluding hydrogens is 550 g/mol. The number of carbonyl (C=O) groups excluding carboxylic acids is 1. The number of imidazole rings is 1. The van der Waals surface area contributed by atoms with Gasteiger partial charge in [-0.3, -0.25) is 9.36 Å². The second-order valence-electron chi connectivity index (χ2n) is 8.03. The number of rotatable bonds is 12. The summed E-state index contributed by atoms with van der Waals surface area (Å²) in [5, 5.41) is 21.7. The molecule has 4 rings (SSSR count). The predicted molar refractivity (Wildman–Crippen MR) is 146 cm³/mol. The Bertz CT molecular complexity index is 1370. The molecule has 4 unspecified atom stereocenters. The van der Waals surface area contributed by atoms with Crippen molar-refractivity contribution in [1.29, 1.82) is 5.26 Å². The van der Waals surface area contributed by atoms with Crippen LogP contribution in [0.5, 0.6) is 0 Å². The lowest BCUT2D eigenvalue weighted by Gasteiger charge is -2.28. The molecule has 1 aliphatic heterocycles. The monoisotopic (exact) mass is 576 g/mol. The Morgan fingerprint density at radius 3 is 2.84 bits per heavy atom. The lowest BCUT2D eigenvalue weighted by atomic mass is 10.2. The minimum atomic E-state index is -3.30. The number of nitriles is 1. The number of aliphatic hydroxyl groups excluding tert-OH is 1. The summed E-state index contributed by atoms with van der Waals surface area (Å²) in [6.45, 7) is 0.0874. The van der Waals surface area contributed by atoms with E-state index in [-0.39, 0.29) is 38.0 Å². The van der Waals surface area contributed by atoms with Gasteiger partial charge in [0.2, 0.25) is 0 Å². The van der Waals surface area contributed by atoms with Crippen molar-refractivity contribution < 1.29 is 28.2 Å². The van der Waals surface area contributed by atoms with Gasteiger partial charge in [0.1, 0.15) is 24.8 Å². The summed E-state index contributed by atoms with van der Waals surface area (Å²) in [5.41, 5.74) is 0.809. The van der Waals surface area contributed by atoms with Crippen LogP contribution < -0.4 is 5.32 Å². The zero-order valence-corrected chi connectivity index (χ0v) is 23.0. The van der Waals surface area contributed by atoms with Gasteiger partial charge in [0.25, 0.3) is 5.91 Å². The molecule has 2 N–H and O–H groups in total. The van der Waals surface area contributed by atoms with Crippen molar-refractivity contribution >= 4 is 50.7 Å². The number of aromatic nitrogens is 4. The highest BCUT2D eigenvalue weighted by Gasteiger charge is 2.47. The van der Waals surface area contributed by atoms with E-state index in [4.69, 9.17) is 35.4 Å². The first-order chi connectivity index (χ1) is 18.4. The molecule has 1 fully saturated rings. The zero-order chi connectivity index (χ0) is 27.1. The average Bonchev–Trinajstić information content (AvgIpc) is 3.49. The van der Waals surface area contributed by atoms with Crippen LogP contribution in [0, 0.1) is 11.3 Å². The number of ether oxygens (including phenoxy) is 1. The molecule has 0 radical (unpaired) electrons. The number of hydrogen-bond acceptors (Lipinski definition) is 11. The first-order valence-corrected chi connectivity index (χ1v) is 14.7. The van der Waals surface area contributed by atoms with E-state index >= 15 is 0 Å². The van der Waals surface area contributed by atoms with Crippen molar-refractivity contribution in [2.75, 3.05) is 25.1 Å². The molecule has 1 aliphatic rings. The third-order valence-corrected chi connectivity index (χ3v) is 8.60. The van der Waals surface area contributed by atoms with Crippen LogP contribution in [0.1, 0.15) is 23.0 Å². The molecule has 0 saturated carbocycles. The number of amides is 1. The Hall–Kier alpha value is -2.65. The summed E-state index contributed by atoms with van der Waals surface area (Å²) in [6, 6.07) is 10.7. The maximum absolute atomic E-state index is 12.7. The molecule has 0 bridgehead atoms. The third-order valence-electron chi connectivity index (χ3n) is 5.53. The molecule has 38 heavy (non-hydrogen) atoms. The minimum absolute atomic E-state index is 0.0355. The largest absolute Gasteiger partial charge is 0.394 e. The quantitative estimate of drug-likeness (QED) is 0.186. The molecular formula is C23H26N6O6P2S. The number of nitrogens with one attached hydrogen (secondary N) is 1. The number of benzene rings is 1. The lowest BCUT2D eigenvalue weighted by molar-refractivity contribution is -0.0419. The van der Waals surface area contributed by atoms with Crippen molar-refractivity contribution in [2.24, 2.45) is 0 Å². The molecule has 12 nitrogen and oxygen atoms in total. The highest BCUT2D eigenvalue weighted by molar-refractivity contribution is 8.07. The molecule has 1 saturated heterocycles. The smallest absolute Gasteiger partial charge is 0.327 e. The van der Waals surface area contributed by atoms with Crippen LogP contribution >= 0.6 is 16.0 Å². The number of hydrogen-bond donors (Lipinski definition) is 2. The van der Waals surface area contributed by atoms with E-state index in [9.17, 15) is 9.90 Å². The molecule has 2 aromatic heterocycles. The fourth-order valence-corrected chi connectivity index (χ4v) is 6.60. The van der Waals surface area contributed by atoms with Crippen LogP contribution in [0.15, 0.2) is 55.6 Å². The predicted octanol–water partition coefficient (Wildman–Crippen LogP) is 2.95. The minimum Gasteiger partial charge on any atom is -0.394 e. The van der Waals surface area contributed by atoms with Crippen molar-refractivity contribution in [3.63, 3.8) is 0 Å². The van der Waals surface area contributed by atoms with Gasteiger partial charge < -0.3 is 28.7 Å². The second kappa shape index (κ2) is 12.9. The summed E-state index contributed by atoms with van der Waals surface area (Å²) in [7, 11) is 2.65. The van der Waals surface area contributed by atoms with E-state index in [0.717, 1.165) is 0 Å². The van der Waals surface area contributed by atoms with E-state index < -0.39 is 30.8 Å². The summed E-state index contributed by atoms with van der Waals surface area (Å²) in [4.78, 5) is 25.6.